The van der Waals surface area contributed by atoms with Crippen molar-refractivity contribution in [1.29, 1.82) is 0 Å². The van der Waals surface area contributed by atoms with Crippen molar-refractivity contribution in [2.75, 3.05) is 6.54 Å². The molecule has 0 spiro atoms. The van der Waals surface area contributed by atoms with Crippen LogP contribution in [0.3, 0.4) is 0 Å². The fourth-order valence-electron chi connectivity index (χ4n) is 1.38. The summed E-state index contributed by atoms with van der Waals surface area (Å²) in [6.45, 7) is 7.66. The summed E-state index contributed by atoms with van der Waals surface area (Å²) in [5.74, 6) is 0.107. The second-order valence-corrected chi connectivity index (χ2v) is 4.57. The second-order valence-electron chi connectivity index (χ2n) is 4.57. The highest BCUT2D eigenvalue weighted by Gasteiger charge is 2.34. The third-order valence-electron chi connectivity index (χ3n) is 2.16. The fraction of sp³-hybridized carbons (Fsp3) is 0.800. The van der Waals surface area contributed by atoms with Gasteiger partial charge in [-0.2, -0.15) is 0 Å². The molecule has 0 aromatic carbocycles. The first-order valence-corrected chi connectivity index (χ1v) is 4.83. The van der Waals surface area contributed by atoms with E-state index in [1.54, 1.807) is 6.92 Å². The predicted octanol–water partition coefficient (Wildman–Crippen LogP) is 1.58. The topological polar surface area (TPSA) is 46.6 Å². The molecule has 0 radical (unpaired) electrons. The van der Waals surface area contributed by atoms with Gasteiger partial charge in [-0.05, 0) is 27.7 Å². The molecular formula is C10H17NO3. The Bertz CT molecular complexity index is 255. The van der Waals surface area contributed by atoms with E-state index in [0.717, 1.165) is 0 Å². The Morgan fingerprint density at radius 1 is 1.50 bits per heavy atom. The monoisotopic (exact) mass is 199 g/mol. The SMILES string of the molecule is CC1C(=O)CCN1C(=O)OC(C)(C)C. The minimum absolute atomic E-state index is 0.107. The zero-order valence-electron chi connectivity index (χ0n) is 9.16. The third-order valence-corrected chi connectivity index (χ3v) is 2.16. The van der Waals surface area contributed by atoms with E-state index in [2.05, 4.69) is 0 Å². The van der Waals surface area contributed by atoms with E-state index in [9.17, 15) is 9.59 Å². The van der Waals surface area contributed by atoms with Crippen LogP contribution in [0.25, 0.3) is 0 Å². The standard InChI is InChI=1S/C10H17NO3/c1-7-8(12)5-6-11(7)9(13)14-10(2,3)4/h7H,5-6H2,1-4H3. The van der Waals surface area contributed by atoms with Crippen LogP contribution >= 0.6 is 0 Å². The molecule has 1 saturated heterocycles. The van der Waals surface area contributed by atoms with Crippen LogP contribution in [0, 0.1) is 0 Å². The van der Waals surface area contributed by atoms with Crippen molar-refractivity contribution < 1.29 is 14.3 Å². The molecule has 0 aromatic heterocycles. The number of nitrogens with zero attached hydrogens (tertiary/aromatic N) is 1. The summed E-state index contributed by atoms with van der Waals surface area (Å²) in [5.41, 5.74) is -0.498. The maximum Gasteiger partial charge on any atom is 0.410 e. The maximum absolute atomic E-state index is 11.6. The molecule has 0 bridgehead atoms. The third kappa shape index (κ3) is 2.47. The number of hydrogen-bond donors (Lipinski definition) is 0. The Balaban J connectivity index is 2.58. The van der Waals surface area contributed by atoms with Gasteiger partial charge in [-0.1, -0.05) is 0 Å². The lowest BCUT2D eigenvalue weighted by Crippen LogP contribution is -2.40. The zero-order chi connectivity index (χ0) is 10.9. The first kappa shape index (κ1) is 11.0. The molecule has 1 amide bonds. The van der Waals surface area contributed by atoms with Crippen molar-refractivity contribution in [1.82, 2.24) is 4.90 Å². The van der Waals surface area contributed by atoms with Gasteiger partial charge in [0.2, 0.25) is 0 Å². The molecule has 1 atom stereocenters. The van der Waals surface area contributed by atoms with Crippen LogP contribution in [-0.4, -0.2) is 35.0 Å². The van der Waals surface area contributed by atoms with Gasteiger partial charge in [-0.25, -0.2) is 4.79 Å². The molecule has 1 rings (SSSR count). The lowest BCUT2D eigenvalue weighted by Gasteiger charge is -2.26. The normalized spacial score (nSPS) is 22.7. The minimum Gasteiger partial charge on any atom is -0.444 e. The molecule has 4 nitrogen and oxygen atoms in total. The molecule has 0 aromatic rings. The highest BCUT2D eigenvalue weighted by Crippen LogP contribution is 2.17. The van der Waals surface area contributed by atoms with Gasteiger partial charge in [0.15, 0.2) is 5.78 Å². The Labute approximate surface area is 84.2 Å². The van der Waals surface area contributed by atoms with Gasteiger partial charge in [0.25, 0.3) is 0 Å². The Morgan fingerprint density at radius 3 is 2.43 bits per heavy atom. The van der Waals surface area contributed by atoms with E-state index in [0.29, 0.717) is 13.0 Å². The highest BCUT2D eigenvalue weighted by molar-refractivity contribution is 5.90. The number of Topliss-reactive ketones (excluding diaryl/α,β-unsaturated/α-hetero) is 1. The first-order valence-electron chi connectivity index (χ1n) is 4.83. The van der Waals surface area contributed by atoms with E-state index in [1.165, 1.54) is 4.90 Å². The van der Waals surface area contributed by atoms with Crippen molar-refractivity contribution in [3.63, 3.8) is 0 Å². The summed E-state index contributed by atoms with van der Waals surface area (Å²) in [6, 6.07) is -0.329. The summed E-state index contributed by atoms with van der Waals surface area (Å²) in [4.78, 5) is 24.3. The Hall–Kier alpha value is -1.06. The van der Waals surface area contributed by atoms with Crippen LogP contribution < -0.4 is 0 Å². The molecule has 0 N–H and O–H groups in total. The van der Waals surface area contributed by atoms with Gasteiger partial charge < -0.3 is 4.74 Å². The maximum atomic E-state index is 11.6. The van der Waals surface area contributed by atoms with E-state index in [1.807, 2.05) is 20.8 Å². The number of ketones is 1. The number of ether oxygens (including phenoxy) is 1. The summed E-state index contributed by atoms with van der Waals surface area (Å²) >= 11 is 0. The lowest BCUT2D eigenvalue weighted by molar-refractivity contribution is -0.119. The van der Waals surface area contributed by atoms with E-state index >= 15 is 0 Å². The molecule has 0 aliphatic carbocycles. The number of carbonyl (C=O) groups excluding carboxylic acids is 2. The molecular weight excluding hydrogens is 182 g/mol. The van der Waals surface area contributed by atoms with Gasteiger partial charge in [0.1, 0.15) is 5.60 Å². The molecule has 80 valence electrons. The van der Waals surface area contributed by atoms with Crippen molar-refractivity contribution >= 4 is 11.9 Å². The van der Waals surface area contributed by atoms with E-state index in [4.69, 9.17) is 4.74 Å². The molecule has 1 aliphatic heterocycles. The first-order chi connectivity index (χ1) is 6.31. The van der Waals surface area contributed by atoms with Crippen molar-refractivity contribution in [2.45, 2.75) is 45.8 Å². The van der Waals surface area contributed by atoms with Crippen LogP contribution in [-0.2, 0) is 9.53 Å². The second kappa shape index (κ2) is 3.59. The summed E-state index contributed by atoms with van der Waals surface area (Å²) in [5, 5.41) is 0. The smallest absolute Gasteiger partial charge is 0.410 e. The molecule has 1 aliphatic rings. The quantitative estimate of drug-likeness (QED) is 0.595. The molecule has 4 heteroatoms. The fourth-order valence-corrected chi connectivity index (χ4v) is 1.38. The van der Waals surface area contributed by atoms with Gasteiger partial charge in [0, 0.05) is 13.0 Å². The predicted molar refractivity (Wildman–Crippen MR) is 52.0 cm³/mol. The lowest BCUT2D eigenvalue weighted by atomic mass is 10.2. The average molecular weight is 199 g/mol. The van der Waals surface area contributed by atoms with Crippen LogP contribution in [0.4, 0.5) is 4.79 Å². The zero-order valence-corrected chi connectivity index (χ0v) is 9.16. The summed E-state index contributed by atoms with van der Waals surface area (Å²) in [6.07, 6.45) is 0.0521. The van der Waals surface area contributed by atoms with Crippen molar-refractivity contribution in [3.05, 3.63) is 0 Å². The number of hydrogen-bond acceptors (Lipinski definition) is 3. The summed E-state index contributed by atoms with van der Waals surface area (Å²) < 4.78 is 5.18. The van der Waals surface area contributed by atoms with Crippen LogP contribution in [0.1, 0.15) is 34.1 Å². The number of likely N-dealkylation sites (tertiary alicyclic amines) is 1. The molecule has 1 unspecified atom stereocenters. The molecule has 1 heterocycles. The van der Waals surface area contributed by atoms with Gasteiger partial charge in [-0.15, -0.1) is 0 Å². The van der Waals surface area contributed by atoms with Gasteiger partial charge in [-0.3, -0.25) is 9.69 Å². The van der Waals surface area contributed by atoms with E-state index < -0.39 is 11.7 Å². The molecule has 14 heavy (non-hydrogen) atoms. The van der Waals surface area contributed by atoms with Crippen LogP contribution in [0.5, 0.6) is 0 Å². The molecule has 0 saturated carbocycles. The van der Waals surface area contributed by atoms with Crippen LogP contribution in [0.15, 0.2) is 0 Å². The van der Waals surface area contributed by atoms with Gasteiger partial charge >= 0.3 is 6.09 Å². The molecule has 1 fully saturated rings. The number of amides is 1. The number of rotatable bonds is 0. The van der Waals surface area contributed by atoms with Crippen molar-refractivity contribution in [3.8, 4) is 0 Å². The Morgan fingerprint density at radius 2 is 2.07 bits per heavy atom. The van der Waals surface area contributed by atoms with E-state index in [-0.39, 0.29) is 11.8 Å². The van der Waals surface area contributed by atoms with Crippen molar-refractivity contribution in [2.24, 2.45) is 0 Å². The Kier molecular flexibility index (Phi) is 2.83. The van der Waals surface area contributed by atoms with Gasteiger partial charge in [0.05, 0.1) is 6.04 Å². The average Bonchev–Trinajstić information content (AvgIpc) is 2.29. The largest absolute Gasteiger partial charge is 0.444 e. The summed E-state index contributed by atoms with van der Waals surface area (Å²) in [7, 11) is 0. The van der Waals surface area contributed by atoms with Crippen LogP contribution in [0.2, 0.25) is 0 Å². The number of carbonyl (C=O) groups is 2. The highest BCUT2D eigenvalue weighted by atomic mass is 16.6. The minimum atomic E-state index is -0.498.